The molecule has 0 N–H and O–H groups in total. The standard InChI is InChI=1S/C30H34N2O4S/c1-22-9-11-24(12-10-22)36-21-27-26-14-17-37-28(26)13-15-32(27)30(34)20-31(19-25-8-5-16-35-25)29(33)18-23-6-3-2-4-7-23/h2-4,6-7,9-12,14,17,25,27H,5,8,13,15-16,18-21H2,1H3/t25-,27-/m1/s1. The van der Waals surface area contributed by atoms with Crippen molar-refractivity contribution in [1.29, 1.82) is 0 Å². The summed E-state index contributed by atoms with van der Waals surface area (Å²) in [6, 6.07) is 19.6. The van der Waals surface area contributed by atoms with Gasteiger partial charge in [-0.25, -0.2) is 0 Å². The van der Waals surface area contributed by atoms with Crippen LogP contribution in [0.15, 0.2) is 66.0 Å². The fraction of sp³-hybridized carbons (Fsp3) is 0.400. The van der Waals surface area contributed by atoms with E-state index < -0.39 is 0 Å². The second-order valence-electron chi connectivity index (χ2n) is 9.85. The summed E-state index contributed by atoms with van der Waals surface area (Å²) in [5, 5.41) is 2.09. The molecule has 0 spiro atoms. The summed E-state index contributed by atoms with van der Waals surface area (Å²) in [5.74, 6) is 0.697. The molecule has 3 heterocycles. The SMILES string of the molecule is Cc1ccc(OC[C@@H]2c3ccsc3CCN2C(=O)CN(C[C@H]2CCCO2)C(=O)Cc2ccccc2)cc1. The molecule has 0 aliphatic carbocycles. The van der Waals surface area contributed by atoms with Crippen molar-refractivity contribution in [3.05, 3.63) is 87.6 Å². The summed E-state index contributed by atoms with van der Waals surface area (Å²) in [5.41, 5.74) is 3.27. The minimum absolute atomic E-state index is 0.0157. The van der Waals surface area contributed by atoms with Gasteiger partial charge in [-0.3, -0.25) is 9.59 Å². The molecule has 2 aliphatic heterocycles. The van der Waals surface area contributed by atoms with Gasteiger partial charge in [0, 0.05) is 24.6 Å². The quantitative estimate of drug-likeness (QED) is 0.408. The number of rotatable bonds is 9. The molecule has 1 fully saturated rings. The van der Waals surface area contributed by atoms with Gasteiger partial charge in [-0.05, 0) is 60.9 Å². The van der Waals surface area contributed by atoms with Crippen molar-refractivity contribution in [2.24, 2.45) is 0 Å². The predicted octanol–water partition coefficient (Wildman–Crippen LogP) is 4.81. The minimum Gasteiger partial charge on any atom is -0.491 e. The maximum atomic E-state index is 13.8. The van der Waals surface area contributed by atoms with Gasteiger partial charge in [-0.2, -0.15) is 0 Å². The highest BCUT2D eigenvalue weighted by Crippen LogP contribution is 2.34. The number of ether oxygens (including phenoxy) is 2. The number of hydrogen-bond acceptors (Lipinski definition) is 5. The van der Waals surface area contributed by atoms with E-state index in [0.717, 1.165) is 36.1 Å². The fourth-order valence-corrected chi connectivity index (χ4v) is 6.04. The molecule has 0 unspecified atom stereocenters. The molecular weight excluding hydrogens is 484 g/mol. The predicted molar refractivity (Wildman–Crippen MR) is 145 cm³/mol. The molecule has 37 heavy (non-hydrogen) atoms. The van der Waals surface area contributed by atoms with Crippen LogP contribution >= 0.6 is 11.3 Å². The van der Waals surface area contributed by atoms with Crippen LogP contribution in [0.1, 0.15) is 40.5 Å². The first-order valence-electron chi connectivity index (χ1n) is 13.1. The topological polar surface area (TPSA) is 59.1 Å². The molecule has 6 nitrogen and oxygen atoms in total. The van der Waals surface area contributed by atoms with Crippen LogP contribution in [0, 0.1) is 6.92 Å². The molecule has 0 bridgehead atoms. The number of fused-ring (bicyclic) bond motifs is 1. The fourth-order valence-electron chi connectivity index (χ4n) is 5.11. The highest BCUT2D eigenvalue weighted by molar-refractivity contribution is 7.10. The monoisotopic (exact) mass is 518 g/mol. The van der Waals surface area contributed by atoms with Crippen LogP contribution in [0.5, 0.6) is 5.75 Å². The number of carbonyl (C=O) groups excluding carboxylic acids is 2. The molecule has 1 aromatic heterocycles. The van der Waals surface area contributed by atoms with Crippen molar-refractivity contribution in [1.82, 2.24) is 9.80 Å². The third-order valence-electron chi connectivity index (χ3n) is 7.17. The zero-order chi connectivity index (χ0) is 25.6. The molecule has 0 saturated carbocycles. The van der Waals surface area contributed by atoms with E-state index in [1.165, 1.54) is 10.4 Å². The molecule has 2 aliphatic rings. The molecule has 2 amide bonds. The van der Waals surface area contributed by atoms with Gasteiger partial charge < -0.3 is 19.3 Å². The smallest absolute Gasteiger partial charge is 0.242 e. The highest BCUT2D eigenvalue weighted by atomic mass is 32.1. The van der Waals surface area contributed by atoms with Gasteiger partial charge in [0.05, 0.1) is 25.1 Å². The van der Waals surface area contributed by atoms with Crippen LogP contribution in [0.2, 0.25) is 0 Å². The van der Waals surface area contributed by atoms with Crippen LogP contribution in [0.3, 0.4) is 0 Å². The molecule has 2 aromatic carbocycles. The van der Waals surface area contributed by atoms with Crippen molar-refractivity contribution >= 4 is 23.2 Å². The normalized spacial score (nSPS) is 18.9. The summed E-state index contributed by atoms with van der Waals surface area (Å²) in [6.45, 7) is 4.25. The van der Waals surface area contributed by atoms with E-state index in [1.807, 2.05) is 66.4 Å². The Kier molecular flexibility index (Phi) is 8.21. The summed E-state index contributed by atoms with van der Waals surface area (Å²) < 4.78 is 12.0. The number of benzene rings is 2. The summed E-state index contributed by atoms with van der Waals surface area (Å²) >= 11 is 1.73. The number of nitrogens with zero attached hydrogens (tertiary/aromatic N) is 2. The van der Waals surface area contributed by atoms with Crippen molar-refractivity contribution in [3.63, 3.8) is 0 Å². The van der Waals surface area contributed by atoms with E-state index in [9.17, 15) is 9.59 Å². The lowest BCUT2D eigenvalue weighted by Crippen LogP contribution is -2.49. The molecule has 0 radical (unpaired) electrons. The second-order valence-corrected chi connectivity index (χ2v) is 10.8. The Morgan fingerprint density at radius 3 is 2.68 bits per heavy atom. The van der Waals surface area contributed by atoms with Gasteiger partial charge in [0.25, 0.3) is 0 Å². The summed E-state index contributed by atoms with van der Waals surface area (Å²) in [4.78, 5) is 32.1. The molecule has 3 aromatic rings. The number of amides is 2. The van der Waals surface area contributed by atoms with Gasteiger partial charge in [-0.15, -0.1) is 11.3 Å². The zero-order valence-corrected chi connectivity index (χ0v) is 22.1. The second kappa shape index (κ2) is 11.9. The molecule has 194 valence electrons. The molecule has 1 saturated heterocycles. The molecular formula is C30H34N2O4S. The van der Waals surface area contributed by atoms with Gasteiger partial charge in [0.2, 0.25) is 11.8 Å². The maximum absolute atomic E-state index is 13.8. The average molecular weight is 519 g/mol. The van der Waals surface area contributed by atoms with E-state index in [-0.39, 0.29) is 36.9 Å². The number of thiophene rings is 1. The van der Waals surface area contributed by atoms with Gasteiger partial charge in [0.1, 0.15) is 12.4 Å². The van der Waals surface area contributed by atoms with Crippen LogP contribution in [0.25, 0.3) is 0 Å². The van der Waals surface area contributed by atoms with Gasteiger partial charge >= 0.3 is 0 Å². The third-order valence-corrected chi connectivity index (χ3v) is 8.17. The Labute approximate surface area is 222 Å². The lowest BCUT2D eigenvalue weighted by Gasteiger charge is -2.37. The lowest BCUT2D eigenvalue weighted by molar-refractivity contribution is -0.143. The Morgan fingerprint density at radius 2 is 1.92 bits per heavy atom. The first kappa shape index (κ1) is 25.5. The number of carbonyl (C=O) groups is 2. The first-order chi connectivity index (χ1) is 18.1. The maximum Gasteiger partial charge on any atom is 0.242 e. The van der Waals surface area contributed by atoms with Crippen LogP contribution in [0.4, 0.5) is 0 Å². The van der Waals surface area contributed by atoms with E-state index in [4.69, 9.17) is 9.47 Å². The Hall–Kier alpha value is -3.16. The highest BCUT2D eigenvalue weighted by Gasteiger charge is 2.34. The van der Waals surface area contributed by atoms with Gasteiger partial charge in [-0.1, -0.05) is 48.0 Å². The Balaban J connectivity index is 1.31. The Morgan fingerprint density at radius 1 is 1.11 bits per heavy atom. The van der Waals surface area contributed by atoms with Gasteiger partial charge in [0.15, 0.2) is 0 Å². The van der Waals surface area contributed by atoms with E-state index in [2.05, 4.69) is 11.4 Å². The lowest BCUT2D eigenvalue weighted by atomic mass is 10.00. The van der Waals surface area contributed by atoms with E-state index >= 15 is 0 Å². The average Bonchev–Trinajstić information content (AvgIpc) is 3.60. The zero-order valence-electron chi connectivity index (χ0n) is 21.3. The largest absolute Gasteiger partial charge is 0.491 e. The van der Waals surface area contributed by atoms with Crippen molar-refractivity contribution < 1.29 is 19.1 Å². The first-order valence-corrected chi connectivity index (χ1v) is 13.9. The number of hydrogen-bond donors (Lipinski definition) is 0. The van der Waals surface area contributed by atoms with Crippen LogP contribution < -0.4 is 4.74 Å². The van der Waals surface area contributed by atoms with Crippen molar-refractivity contribution in [3.8, 4) is 5.75 Å². The van der Waals surface area contributed by atoms with Crippen LogP contribution in [-0.2, 0) is 27.2 Å². The van der Waals surface area contributed by atoms with Crippen molar-refractivity contribution in [2.45, 2.75) is 44.8 Å². The van der Waals surface area contributed by atoms with Crippen molar-refractivity contribution in [2.75, 3.05) is 32.8 Å². The summed E-state index contributed by atoms with van der Waals surface area (Å²) in [6.07, 6.45) is 2.99. The molecule has 7 heteroatoms. The minimum atomic E-state index is -0.183. The van der Waals surface area contributed by atoms with Crippen LogP contribution in [-0.4, -0.2) is 60.6 Å². The van der Waals surface area contributed by atoms with E-state index in [0.29, 0.717) is 26.3 Å². The summed E-state index contributed by atoms with van der Waals surface area (Å²) in [7, 11) is 0. The molecule has 2 atom stereocenters. The Bertz CT molecular complexity index is 1190. The van der Waals surface area contributed by atoms with E-state index in [1.54, 1.807) is 16.2 Å². The number of aryl methyl sites for hydroxylation is 1. The third kappa shape index (κ3) is 6.40. The molecule has 5 rings (SSSR count).